The lowest BCUT2D eigenvalue weighted by Crippen LogP contribution is -2.03. The maximum atomic E-state index is 8.88. The Kier molecular flexibility index (Phi) is 2.01. The molecule has 0 aliphatic heterocycles. The molecule has 0 N–H and O–H groups in total. The third-order valence-corrected chi connectivity index (χ3v) is 2.11. The number of hydrogen-bond donors (Lipinski definition) is 0. The predicted molar refractivity (Wildman–Crippen MR) is 52.7 cm³/mol. The molecule has 0 aliphatic carbocycles. The van der Waals surface area contributed by atoms with Gasteiger partial charge in [0.2, 0.25) is 0 Å². The van der Waals surface area contributed by atoms with Gasteiger partial charge in [0.15, 0.2) is 5.65 Å². The van der Waals surface area contributed by atoms with Crippen LogP contribution in [-0.4, -0.2) is 14.2 Å². The molecule has 2 rings (SSSR count). The molecule has 2 aromatic heterocycles. The molecule has 0 radical (unpaired) electrons. The molecule has 14 heavy (non-hydrogen) atoms. The normalized spacial score (nSPS) is 11.0. The van der Waals surface area contributed by atoms with Crippen molar-refractivity contribution in [1.82, 2.24) is 14.2 Å². The highest BCUT2D eigenvalue weighted by atomic mass is 15.3. The lowest BCUT2D eigenvalue weighted by molar-refractivity contribution is 0.533. The van der Waals surface area contributed by atoms with Gasteiger partial charge in [-0.3, -0.25) is 0 Å². The highest BCUT2D eigenvalue weighted by Crippen LogP contribution is 2.12. The molecule has 4 heteroatoms. The Bertz CT molecular complexity index is 484. The Morgan fingerprint density at radius 2 is 2.29 bits per heavy atom. The summed E-state index contributed by atoms with van der Waals surface area (Å²) in [4.78, 5) is 0. The van der Waals surface area contributed by atoms with Gasteiger partial charge in [-0.2, -0.15) is 10.4 Å². The number of hydrogen-bond acceptors (Lipinski definition) is 2. The van der Waals surface area contributed by atoms with Gasteiger partial charge in [-0.25, -0.2) is 4.52 Å². The van der Waals surface area contributed by atoms with E-state index >= 15 is 0 Å². The Hall–Kier alpha value is -1.76. The zero-order valence-corrected chi connectivity index (χ0v) is 8.31. The fourth-order valence-electron chi connectivity index (χ4n) is 1.58. The Morgan fingerprint density at radius 1 is 1.50 bits per heavy atom. The SMILES string of the molecule is CC(C)Cn1ccn2ncc(C#N)c12. The summed E-state index contributed by atoms with van der Waals surface area (Å²) in [5.41, 5.74) is 1.52. The second-order valence-corrected chi connectivity index (χ2v) is 3.78. The summed E-state index contributed by atoms with van der Waals surface area (Å²) < 4.78 is 3.80. The van der Waals surface area contributed by atoms with Crippen molar-refractivity contribution >= 4 is 5.65 Å². The first-order valence-corrected chi connectivity index (χ1v) is 4.65. The molecule has 0 fully saturated rings. The molecule has 72 valence electrons. The summed E-state index contributed by atoms with van der Waals surface area (Å²) in [6.45, 7) is 5.22. The standard InChI is InChI=1S/C10H12N4/c1-8(2)7-13-3-4-14-10(13)9(5-11)6-12-14/h3-4,6,8H,7H2,1-2H3. The lowest BCUT2D eigenvalue weighted by atomic mass is 10.2. The van der Waals surface area contributed by atoms with Crippen molar-refractivity contribution in [2.75, 3.05) is 0 Å². The maximum absolute atomic E-state index is 8.88. The van der Waals surface area contributed by atoms with Gasteiger partial charge in [0, 0.05) is 18.9 Å². The minimum Gasteiger partial charge on any atom is -0.330 e. The Morgan fingerprint density at radius 3 is 2.93 bits per heavy atom. The molecule has 0 saturated heterocycles. The van der Waals surface area contributed by atoms with Crippen LogP contribution < -0.4 is 0 Å². The molecular weight excluding hydrogens is 176 g/mol. The first-order valence-electron chi connectivity index (χ1n) is 4.65. The van der Waals surface area contributed by atoms with Crippen LogP contribution >= 0.6 is 0 Å². The fourth-order valence-corrected chi connectivity index (χ4v) is 1.58. The van der Waals surface area contributed by atoms with Crippen LogP contribution in [0.1, 0.15) is 19.4 Å². The highest BCUT2D eigenvalue weighted by molar-refractivity contribution is 5.54. The summed E-state index contributed by atoms with van der Waals surface area (Å²) in [5, 5.41) is 13.0. The van der Waals surface area contributed by atoms with Crippen molar-refractivity contribution < 1.29 is 0 Å². The molecule has 0 saturated carbocycles. The number of fused-ring (bicyclic) bond motifs is 1. The van der Waals surface area contributed by atoms with Crippen LogP contribution in [0.15, 0.2) is 18.6 Å². The second kappa shape index (κ2) is 3.18. The van der Waals surface area contributed by atoms with Crippen LogP contribution in [0.3, 0.4) is 0 Å². The molecule has 0 amide bonds. The van der Waals surface area contributed by atoms with Gasteiger partial charge >= 0.3 is 0 Å². The number of rotatable bonds is 2. The van der Waals surface area contributed by atoms with E-state index in [2.05, 4.69) is 29.6 Å². The topological polar surface area (TPSA) is 46.0 Å². The fraction of sp³-hybridized carbons (Fsp3) is 0.400. The van der Waals surface area contributed by atoms with E-state index in [0.717, 1.165) is 12.2 Å². The molecule has 0 bridgehead atoms. The van der Waals surface area contributed by atoms with Crippen LogP contribution in [0.5, 0.6) is 0 Å². The van der Waals surface area contributed by atoms with Gasteiger partial charge in [0.05, 0.1) is 6.20 Å². The molecule has 4 nitrogen and oxygen atoms in total. The van der Waals surface area contributed by atoms with Crippen LogP contribution in [0, 0.1) is 17.2 Å². The average Bonchev–Trinajstić information content (AvgIpc) is 2.67. The van der Waals surface area contributed by atoms with Gasteiger partial charge in [0.1, 0.15) is 11.6 Å². The predicted octanol–water partition coefficient (Wildman–Crippen LogP) is 1.66. The van der Waals surface area contributed by atoms with E-state index in [1.807, 2.05) is 12.4 Å². The first-order chi connectivity index (χ1) is 6.72. The molecule has 0 spiro atoms. The van der Waals surface area contributed by atoms with Gasteiger partial charge < -0.3 is 4.57 Å². The molecule has 0 aliphatic rings. The first kappa shape index (κ1) is 8.82. The molecular formula is C10H12N4. The number of imidazole rings is 1. The van der Waals surface area contributed by atoms with Crippen molar-refractivity contribution in [2.45, 2.75) is 20.4 Å². The monoisotopic (exact) mass is 188 g/mol. The lowest BCUT2D eigenvalue weighted by Gasteiger charge is -2.06. The van der Waals surface area contributed by atoms with E-state index < -0.39 is 0 Å². The maximum Gasteiger partial charge on any atom is 0.153 e. The molecule has 0 unspecified atom stereocenters. The minimum absolute atomic E-state index is 0.563. The number of nitrogens with zero attached hydrogens (tertiary/aromatic N) is 4. The average molecular weight is 188 g/mol. The summed E-state index contributed by atoms with van der Waals surface area (Å²) in [6.07, 6.45) is 5.44. The summed E-state index contributed by atoms with van der Waals surface area (Å²) >= 11 is 0. The second-order valence-electron chi connectivity index (χ2n) is 3.78. The molecule has 0 aromatic carbocycles. The van der Waals surface area contributed by atoms with Crippen molar-refractivity contribution in [3.05, 3.63) is 24.2 Å². The molecule has 0 atom stereocenters. The van der Waals surface area contributed by atoms with Gasteiger partial charge in [0.25, 0.3) is 0 Å². The van der Waals surface area contributed by atoms with Crippen molar-refractivity contribution in [3.8, 4) is 6.07 Å². The third kappa shape index (κ3) is 1.27. The summed E-state index contributed by atoms with van der Waals surface area (Å²) in [5.74, 6) is 0.563. The van der Waals surface area contributed by atoms with Crippen LogP contribution in [0.25, 0.3) is 5.65 Å². The Labute approximate surface area is 82.4 Å². The summed E-state index contributed by atoms with van der Waals surface area (Å²) in [7, 11) is 0. The quantitative estimate of drug-likeness (QED) is 0.719. The van der Waals surface area contributed by atoms with Crippen molar-refractivity contribution in [2.24, 2.45) is 5.92 Å². The molecule has 2 aromatic rings. The number of aromatic nitrogens is 3. The van der Waals surface area contributed by atoms with E-state index in [4.69, 9.17) is 5.26 Å². The molecule has 2 heterocycles. The van der Waals surface area contributed by atoms with Crippen LogP contribution in [0.2, 0.25) is 0 Å². The van der Waals surface area contributed by atoms with Crippen molar-refractivity contribution in [3.63, 3.8) is 0 Å². The van der Waals surface area contributed by atoms with E-state index in [1.165, 1.54) is 0 Å². The van der Waals surface area contributed by atoms with Gasteiger partial charge in [-0.15, -0.1) is 0 Å². The van der Waals surface area contributed by atoms with Crippen LogP contribution in [-0.2, 0) is 6.54 Å². The van der Waals surface area contributed by atoms with Gasteiger partial charge in [-0.1, -0.05) is 13.8 Å². The largest absolute Gasteiger partial charge is 0.330 e. The zero-order chi connectivity index (χ0) is 10.1. The van der Waals surface area contributed by atoms with E-state index in [-0.39, 0.29) is 0 Å². The van der Waals surface area contributed by atoms with E-state index in [0.29, 0.717) is 11.5 Å². The van der Waals surface area contributed by atoms with Gasteiger partial charge in [-0.05, 0) is 5.92 Å². The van der Waals surface area contributed by atoms with Crippen molar-refractivity contribution in [1.29, 1.82) is 5.26 Å². The number of nitriles is 1. The summed E-state index contributed by atoms with van der Waals surface area (Å²) in [6, 6.07) is 2.15. The third-order valence-electron chi connectivity index (χ3n) is 2.11. The Balaban J connectivity index is 2.55. The minimum atomic E-state index is 0.563. The smallest absolute Gasteiger partial charge is 0.153 e. The zero-order valence-electron chi connectivity index (χ0n) is 8.31. The van der Waals surface area contributed by atoms with E-state index in [1.54, 1.807) is 10.7 Å². The van der Waals surface area contributed by atoms with Crippen LogP contribution in [0.4, 0.5) is 0 Å². The highest BCUT2D eigenvalue weighted by Gasteiger charge is 2.08. The van der Waals surface area contributed by atoms with E-state index in [9.17, 15) is 0 Å².